The Balaban J connectivity index is 1.77. The Kier molecular flexibility index (Phi) is 5.24. The lowest BCUT2D eigenvalue weighted by Crippen LogP contribution is -2.23. The lowest BCUT2D eigenvalue weighted by atomic mass is 10.0. The first-order chi connectivity index (χ1) is 12.1. The van der Waals surface area contributed by atoms with Crippen LogP contribution in [0.15, 0.2) is 77.9 Å². The fraction of sp³-hybridized carbons (Fsp3) is 0.182. The molecule has 0 aliphatic carbocycles. The molecule has 1 amide bonds. The molecule has 0 bridgehead atoms. The van der Waals surface area contributed by atoms with Crippen LogP contribution in [0.3, 0.4) is 0 Å². The predicted octanol–water partition coefficient (Wildman–Crippen LogP) is 4.56. The highest BCUT2D eigenvalue weighted by atomic mass is 16.2. The summed E-state index contributed by atoms with van der Waals surface area (Å²) in [5, 5.41) is 6.64. The number of hydrogen-bond donors (Lipinski definition) is 1. The molecule has 1 N–H and O–H groups in total. The maximum Gasteiger partial charge on any atom is 0.244 e. The minimum Gasteiger partial charge on any atom is -0.273 e. The van der Waals surface area contributed by atoms with Gasteiger partial charge >= 0.3 is 0 Å². The number of carbonyl (C=O) groups is 1. The van der Waals surface area contributed by atoms with E-state index in [9.17, 15) is 4.79 Å². The monoisotopic (exact) mass is 330 g/mol. The summed E-state index contributed by atoms with van der Waals surface area (Å²) in [4.78, 5) is 12.4. The normalized spacial score (nSPS) is 11.7. The molecule has 0 saturated carbocycles. The second kappa shape index (κ2) is 7.75. The molecule has 3 aromatic carbocycles. The summed E-state index contributed by atoms with van der Waals surface area (Å²) in [7, 11) is 0. The van der Waals surface area contributed by atoms with E-state index in [4.69, 9.17) is 0 Å². The Morgan fingerprint density at radius 1 is 0.920 bits per heavy atom. The molecule has 3 rings (SSSR count). The van der Waals surface area contributed by atoms with Crippen molar-refractivity contribution in [3.8, 4) is 0 Å². The highest BCUT2D eigenvalue weighted by Gasteiger charge is 2.10. The Labute approximate surface area is 148 Å². The molecule has 0 aliphatic heterocycles. The van der Waals surface area contributed by atoms with Crippen molar-refractivity contribution >= 4 is 22.4 Å². The summed E-state index contributed by atoms with van der Waals surface area (Å²) in [5.74, 6) is 0.116. The molecule has 0 heterocycles. The second-order valence-corrected chi connectivity index (χ2v) is 6.37. The van der Waals surface area contributed by atoms with E-state index >= 15 is 0 Å². The van der Waals surface area contributed by atoms with Gasteiger partial charge in [-0.15, -0.1) is 0 Å². The van der Waals surface area contributed by atoms with Gasteiger partial charge in [-0.05, 0) is 27.8 Å². The largest absolute Gasteiger partial charge is 0.273 e. The molecule has 0 saturated heterocycles. The minimum atomic E-state index is -0.106. The molecule has 0 unspecified atom stereocenters. The SMILES string of the molecule is CC(C)C(=NNC(=O)Cc1cccc2ccccc12)c1ccccc1. The first-order valence-electron chi connectivity index (χ1n) is 8.53. The predicted molar refractivity (Wildman–Crippen MR) is 104 cm³/mol. The third-order valence-electron chi connectivity index (χ3n) is 4.15. The van der Waals surface area contributed by atoms with E-state index in [2.05, 4.69) is 36.5 Å². The van der Waals surface area contributed by atoms with Crippen LogP contribution in [0.1, 0.15) is 25.0 Å². The lowest BCUT2D eigenvalue weighted by molar-refractivity contribution is -0.120. The van der Waals surface area contributed by atoms with Crippen molar-refractivity contribution in [1.29, 1.82) is 0 Å². The van der Waals surface area contributed by atoms with Crippen LogP contribution in [0.5, 0.6) is 0 Å². The molecule has 3 heteroatoms. The standard InChI is InChI=1S/C22H22N2O/c1-16(2)22(18-10-4-3-5-11-18)24-23-21(25)15-19-13-8-12-17-9-6-7-14-20(17)19/h3-14,16H,15H2,1-2H3,(H,23,25). The lowest BCUT2D eigenvalue weighted by Gasteiger charge is -2.11. The van der Waals surface area contributed by atoms with Gasteiger partial charge in [0.25, 0.3) is 0 Å². The zero-order chi connectivity index (χ0) is 17.6. The summed E-state index contributed by atoms with van der Waals surface area (Å²) >= 11 is 0. The topological polar surface area (TPSA) is 41.5 Å². The van der Waals surface area contributed by atoms with Crippen LogP contribution in [0, 0.1) is 5.92 Å². The highest BCUT2D eigenvalue weighted by Crippen LogP contribution is 2.18. The van der Waals surface area contributed by atoms with Crippen LogP contribution in [-0.2, 0) is 11.2 Å². The third kappa shape index (κ3) is 4.13. The first kappa shape index (κ1) is 16.9. The molecule has 0 atom stereocenters. The smallest absolute Gasteiger partial charge is 0.244 e. The Morgan fingerprint density at radius 2 is 1.60 bits per heavy atom. The van der Waals surface area contributed by atoms with E-state index in [0.717, 1.165) is 27.6 Å². The Hall–Kier alpha value is -2.94. The number of hydrazone groups is 1. The zero-order valence-corrected chi connectivity index (χ0v) is 14.6. The molecule has 0 spiro atoms. The minimum absolute atomic E-state index is 0.106. The van der Waals surface area contributed by atoms with Gasteiger partial charge in [-0.2, -0.15) is 5.10 Å². The summed E-state index contributed by atoms with van der Waals surface area (Å²) in [6, 6.07) is 24.1. The van der Waals surface area contributed by atoms with Gasteiger partial charge in [-0.25, -0.2) is 5.43 Å². The molecular formula is C22H22N2O. The van der Waals surface area contributed by atoms with Crippen molar-refractivity contribution < 1.29 is 4.79 Å². The average molecular weight is 330 g/mol. The maximum atomic E-state index is 12.4. The first-order valence-corrected chi connectivity index (χ1v) is 8.53. The Morgan fingerprint density at radius 3 is 2.36 bits per heavy atom. The van der Waals surface area contributed by atoms with Crippen LogP contribution < -0.4 is 5.43 Å². The molecular weight excluding hydrogens is 308 g/mol. The van der Waals surface area contributed by atoms with E-state index in [1.54, 1.807) is 0 Å². The van der Waals surface area contributed by atoms with Crippen molar-refractivity contribution in [2.45, 2.75) is 20.3 Å². The number of hydrogen-bond acceptors (Lipinski definition) is 2. The van der Waals surface area contributed by atoms with Crippen LogP contribution in [0.25, 0.3) is 10.8 Å². The highest BCUT2D eigenvalue weighted by molar-refractivity contribution is 6.02. The fourth-order valence-corrected chi connectivity index (χ4v) is 2.92. The van der Waals surface area contributed by atoms with Gasteiger partial charge in [0, 0.05) is 0 Å². The van der Waals surface area contributed by atoms with E-state index in [0.29, 0.717) is 6.42 Å². The van der Waals surface area contributed by atoms with Gasteiger partial charge in [0.2, 0.25) is 5.91 Å². The average Bonchev–Trinajstić information content (AvgIpc) is 2.63. The summed E-state index contributed by atoms with van der Waals surface area (Å²) in [6.45, 7) is 4.14. The number of nitrogens with one attached hydrogen (secondary N) is 1. The zero-order valence-electron chi connectivity index (χ0n) is 14.6. The van der Waals surface area contributed by atoms with E-state index in [-0.39, 0.29) is 11.8 Å². The van der Waals surface area contributed by atoms with Gasteiger partial charge in [-0.1, -0.05) is 86.6 Å². The third-order valence-corrected chi connectivity index (χ3v) is 4.15. The van der Waals surface area contributed by atoms with Gasteiger partial charge in [-0.3, -0.25) is 4.79 Å². The van der Waals surface area contributed by atoms with Gasteiger partial charge in [0.1, 0.15) is 0 Å². The van der Waals surface area contributed by atoms with Crippen molar-refractivity contribution in [2.75, 3.05) is 0 Å². The van der Waals surface area contributed by atoms with E-state index in [1.165, 1.54) is 0 Å². The number of fused-ring (bicyclic) bond motifs is 1. The van der Waals surface area contributed by atoms with E-state index < -0.39 is 0 Å². The van der Waals surface area contributed by atoms with Crippen LogP contribution in [0.2, 0.25) is 0 Å². The van der Waals surface area contributed by atoms with Gasteiger partial charge < -0.3 is 0 Å². The number of carbonyl (C=O) groups excluding carboxylic acids is 1. The van der Waals surface area contributed by atoms with Crippen LogP contribution in [-0.4, -0.2) is 11.6 Å². The number of benzene rings is 3. The van der Waals surface area contributed by atoms with Crippen molar-refractivity contribution in [2.24, 2.45) is 11.0 Å². The molecule has 3 aromatic rings. The Bertz CT molecular complexity index is 893. The molecule has 0 aromatic heterocycles. The summed E-state index contributed by atoms with van der Waals surface area (Å²) < 4.78 is 0. The quantitative estimate of drug-likeness (QED) is 0.541. The summed E-state index contributed by atoms with van der Waals surface area (Å²) in [5.41, 5.74) is 5.65. The van der Waals surface area contributed by atoms with Gasteiger partial charge in [0.05, 0.1) is 12.1 Å². The van der Waals surface area contributed by atoms with Gasteiger partial charge in [0.15, 0.2) is 0 Å². The molecule has 0 aliphatic rings. The molecule has 25 heavy (non-hydrogen) atoms. The number of amides is 1. The molecule has 126 valence electrons. The molecule has 0 radical (unpaired) electrons. The summed E-state index contributed by atoms with van der Waals surface area (Å²) in [6.07, 6.45) is 0.311. The van der Waals surface area contributed by atoms with Crippen molar-refractivity contribution in [1.82, 2.24) is 5.43 Å². The maximum absolute atomic E-state index is 12.4. The fourth-order valence-electron chi connectivity index (χ4n) is 2.92. The van der Waals surface area contributed by atoms with Crippen LogP contribution >= 0.6 is 0 Å². The van der Waals surface area contributed by atoms with E-state index in [1.807, 2.05) is 60.7 Å². The van der Waals surface area contributed by atoms with Crippen molar-refractivity contribution in [3.05, 3.63) is 83.9 Å². The van der Waals surface area contributed by atoms with Crippen molar-refractivity contribution in [3.63, 3.8) is 0 Å². The molecule has 0 fully saturated rings. The molecule has 3 nitrogen and oxygen atoms in total. The van der Waals surface area contributed by atoms with Crippen LogP contribution in [0.4, 0.5) is 0 Å². The second-order valence-electron chi connectivity index (χ2n) is 6.37. The number of rotatable bonds is 5. The number of nitrogens with zero attached hydrogens (tertiary/aromatic N) is 1.